The van der Waals surface area contributed by atoms with E-state index in [4.69, 9.17) is 19.3 Å². The molecular formula is C41H77O8P. The van der Waals surface area contributed by atoms with Crippen LogP contribution in [0.15, 0.2) is 24.3 Å². The summed E-state index contributed by atoms with van der Waals surface area (Å²) in [4.78, 5) is 42.8. The van der Waals surface area contributed by atoms with Crippen molar-refractivity contribution in [2.24, 2.45) is 0 Å². The number of carbonyl (C=O) groups excluding carboxylic acids is 2. The monoisotopic (exact) mass is 729 g/mol. The summed E-state index contributed by atoms with van der Waals surface area (Å²) in [7, 11) is -4.75. The highest BCUT2D eigenvalue weighted by Gasteiger charge is 2.22. The van der Waals surface area contributed by atoms with Gasteiger partial charge in [-0.25, -0.2) is 4.57 Å². The Morgan fingerprint density at radius 2 is 0.900 bits per heavy atom. The summed E-state index contributed by atoms with van der Waals surface area (Å²) in [6, 6.07) is 0. The molecule has 0 saturated carbocycles. The van der Waals surface area contributed by atoms with E-state index < -0.39 is 32.5 Å². The van der Waals surface area contributed by atoms with Crippen molar-refractivity contribution in [3.05, 3.63) is 24.3 Å². The largest absolute Gasteiger partial charge is 0.469 e. The predicted octanol–water partition coefficient (Wildman–Crippen LogP) is 12.4. The topological polar surface area (TPSA) is 119 Å². The van der Waals surface area contributed by atoms with E-state index in [0.717, 1.165) is 57.8 Å². The van der Waals surface area contributed by atoms with E-state index in [0.29, 0.717) is 12.8 Å². The number of allylic oxidation sites excluding steroid dienone is 4. The fraction of sp³-hybridized carbons (Fsp3) is 0.854. The highest BCUT2D eigenvalue weighted by Crippen LogP contribution is 2.36. The molecule has 0 saturated heterocycles. The number of carbonyl (C=O) groups is 2. The summed E-state index contributed by atoms with van der Waals surface area (Å²) in [5.41, 5.74) is 0. The van der Waals surface area contributed by atoms with Gasteiger partial charge in [0.15, 0.2) is 6.10 Å². The van der Waals surface area contributed by atoms with Gasteiger partial charge in [-0.1, -0.05) is 173 Å². The summed E-state index contributed by atoms with van der Waals surface area (Å²) in [5.74, 6) is -0.892. The highest BCUT2D eigenvalue weighted by atomic mass is 31.2. The van der Waals surface area contributed by atoms with Crippen LogP contribution < -0.4 is 0 Å². The third-order valence-electron chi connectivity index (χ3n) is 8.97. The van der Waals surface area contributed by atoms with Gasteiger partial charge in [0, 0.05) is 12.8 Å². The van der Waals surface area contributed by atoms with Gasteiger partial charge in [-0.05, 0) is 44.9 Å². The molecule has 0 aromatic heterocycles. The van der Waals surface area contributed by atoms with Crippen LogP contribution >= 0.6 is 7.82 Å². The second-order valence-corrected chi connectivity index (χ2v) is 15.2. The van der Waals surface area contributed by atoms with Crippen LogP contribution in [0, 0.1) is 0 Å². The van der Waals surface area contributed by atoms with Crippen molar-refractivity contribution >= 4 is 19.8 Å². The van der Waals surface area contributed by atoms with E-state index in [1.165, 1.54) is 109 Å². The van der Waals surface area contributed by atoms with Gasteiger partial charge in [0.2, 0.25) is 0 Å². The van der Waals surface area contributed by atoms with Crippen LogP contribution in [-0.2, 0) is 28.2 Å². The van der Waals surface area contributed by atoms with Crippen molar-refractivity contribution in [1.29, 1.82) is 0 Å². The van der Waals surface area contributed by atoms with Gasteiger partial charge < -0.3 is 19.3 Å². The zero-order valence-electron chi connectivity index (χ0n) is 32.3. The third kappa shape index (κ3) is 39.3. The van der Waals surface area contributed by atoms with Crippen LogP contribution in [-0.4, -0.2) is 41.0 Å². The maximum Gasteiger partial charge on any atom is 0.469 e. The number of esters is 2. The maximum absolute atomic E-state index is 12.4. The van der Waals surface area contributed by atoms with Crippen LogP contribution in [0.2, 0.25) is 0 Å². The molecule has 0 spiro atoms. The number of hydrogen-bond donors (Lipinski definition) is 2. The maximum atomic E-state index is 12.4. The van der Waals surface area contributed by atoms with Crippen LogP contribution in [0.4, 0.5) is 0 Å². The van der Waals surface area contributed by atoms with E-state index in [9.17, 15) is 14.2 Å². The second kappa shape index (κ2) is 37.3. The lowest BCUT2D eigenvalue weighted by molar-refractivity contribution is -0.161. The Morgan fingerprint density at radius 3 is 1.36 bits per heavy atom. The number of hydrogen-bond acceptors (Lipinski definition) is 6. The first kappa shape index (κ1) is 48.5. The standard InChI is InChI=1S/C41H77O8P/c1-3-5-7-9-11-13-15-17-19-20-22-24-26-28-30-32-34-36-41(43)49-39(38-48-50(44,45)46)37-47-40(42)35-33-31-29-27-25-23-21-18-16-14-12-10-8-6-4-2/h12,14,18,21,39H,3-11,13,15-17,19-20,22-38H2,1-2H3,(H2,44,45,46)/b14-12-,21-18-/t39-/m1/s1. The van der Waals surface area contributed by atoms with Gasteiger partial charge in [0.25, 0.3) is 0 Å². The van der Waals surface area contributed by atoms with Crippen molar-refractivity contribution in [3.8, 4) is 0 Å². The van der Waals surface area contributed by atoms with Gasteiger partial charge in [-0.15, -0.1) is 0 Å². The fourth-order valence-corrected chi connectivity index (χ4v) is 6.23. The molecule has 50 heavy (non-hydrogen) atoms. The number of phosphoric acid groups is 1. The molecule has 9 heteroatoms. The van der Waals surface area contributed by atoms with Gasteiger partial charge in [0.05, 0.1) is 6.61 Å². The highest BCUT2D eigenvalue weighted by molar-refractivity contribution is 7.46. The number of unbranched alkanes of at least 4 members (excludes halogenated alkanes) is 24. The molecule has 0 unspecified atom stereocenters. The minimum Gasteiger partial charge on any atom is -0.462 e. The molecule has 0 aliphatic carbocycles. The molecule has 0 aliphatic heterocycles. The lowest BCUT2D eigenvalue weighted by Gasteiger charge is -2.18. The first-order chi connectivity index (χ1) is 24.3. The molecule has 0 fully saturated rings. The first-order valence-electron chi connectivity index (χ1n) is 20.6. The summed E-state index contributed by atoms with van der Waals surface area (Å²) in [6.45, 7) is 3.66. The second-order valence-electron chi connectivity index (χ2n) is 14.0. The Morgan fingerprint density at radius 1 is 0.520 bits per heavy atom. The van der Waals surface area contributed by atoms with Gasteiger partial charge in [0.1, 0.15) is 6.61 Å². The van der Waals surface area contributed by atoms with Crippen molar-refractivity contribution in [2.45, 2.75) is 213 Å². The average Bonchev–Trinajstić information content (AvgIpc) is 3.08. The van der Waals surface area contributed by atoms with E-state index >= 15 is 0 Å². The Kier molecular flexibility index (Phi) is 36.2. The molecular weight excluding hydrogens is 651 g/mol. The molecule has 0 rings (SSSR count). The minimum absolute atomic E-state index is 0.213. The molecule has 0 heterocycles. The third-order valence-corrected chi connectivity index (χ3v) is 9.46. The van der Waals surface area contributed by atoms with Crippen molar-refractivity contribution < 1.29 is 37.9 Å². The molecule has 1 atom stereocenters. The van der Waals surface area contributed by atoms with Crippen LogP contribution in [0.3, 0.4) is 0 Å². The van der Waals surface area contributed by atoms with E-state index in [1.54, 1.807) is 0 Å². The predicted molar refractivity (Wildman–Crippen MR) is 207 cm³/mol. The molecule has 0 bridgehead atoms. The Labute approximate surface area is 307 Å². The lowest BCUT2D eigenvalue weighted by Crippen LogP contribution is -2.29. The van der Waals surface area contributed by atoms with Gasteiger partial charge in [-0.2, -0.15) is 0 Å². The van der Waals surface area contributed by atoms with Crippen molar-refractivity contribution in [1.82, 2.24) is 0 Å². The number of rotatable bonds is 38. The van der Waals surface area contributed by atoms with Crippen LogP contribution in [0.25, 0.3) is 0 Å². The van der Waals surface area contributed by atoms with E-state index in [-0.39, 0.29) is 19.4 Å². The fourth-order valence-electron chi connectivity index (χ4n) is 5.87. The number of ether oxygens (including phenoxy) is 2. The summed E-state index contributed by atoms with van der Waals surface area (Å²) < 4.78 is 26.4. The Balaban J connectivity index is 3.92. The quantitative estimate of drug-likeness (QED) is 0.0279. The van der Waals surface area contributed by atoms with E-state index in [1.807, 2.05) is 0 Å². The molecule has 0 radical (unpaired) electrons. The SMILES string of the molecule is CCCCC/C=C\C/C=C\CCCCCCCC(=O)OC[C@H](COP(=O)(O)O)OC(=O)CCCCCCCCCCCCCCCCCCC. The molecule has 0 aliphatic rings. The molecule has 294 valence electrons. The lowest BCUT2D eigenvalue weighted by atomic mass is 10.0. The molecule has 0 aromatic rings. The first-order valence-corrected chi connectivity index (χ1v) is 22.2. The molecule has 0 aromatic carbocycles. The van der Waals surface area contributed by atoms with Crippen molar-refractivity contribution in [3.63, 3.8) is 0 Å². The Bertz CT molecular complexity index is 869. The average molecular weight is 729 g/mol. The summed E-state index contributed by atoms with van der Waals surface area (Å²) in [5, 5.41) is 0. The van der Waals surface area contributed by atoms with Crippen LogP contribution in [0.5, 0.6) is 0 Å². The smallest absolute Gasteiger partial charge is 0.462 e. The summed E-state index contributed by atoms with van der Waals surface area (Å²) >= 11 is 0. The van der Waals surface area contributed by atoms with Crippen LogP contribution in [0.1, 0.15) is 206 Å². The zero-order chi connectivity index (χ0) is 36.8. The van der Waals surface area contributed by atoms with Gasteiger partial charge >= 0.3 is 19.8 Å². The molecule has 2 N–H and O–H groups in total. The van der Waals surface area contributed by atoms with Gasteiger partial charge in [-0.3, -0.25) is 14.1 Å². The summed E-state index contributed by atoms with van der Waals surface area (Å²) in [6.07, 6.45) is 41.8. The Hall–Kier alpha value is -1.47. The molecule has 8 nitrogen and oxygen atoms in total. The molecule has 0 amide bonds. The minimum atomic E-state index is -4.75. The zero-order valence-corrected chi connectivity index (χ0v) is 33.2. The normalized spacial score (nSPS) is 12.6. The number of phosphoric ester groups is 1. The van der Waals surface area contributed by atoms with E-state index in [2.05, 4.69) is 42.7 Å². The van der Waals surface area contributed by atoms with Crippen molar-refractivity contribution in [2.75, 3.05) is 13.2 Å².